The van der Waals surface area contributed by atoms with Crippen molar-refractivity contribution >= 4 is 5.91 Å². The van der Waals surface area contributed by atoms with E-state index in [2.05, 4.69) is 0 Å². The maximum absolute atomic E-state index is 10.9. The minimum atomic E-state index is -0.568. The third-order valence-corrected chi connectivity index (χ3v) is 3.75. The summed E-state index contributed by atoms with van der Waals surface area (Å²) in [7, 11) is 0. The van der Waals surface area contributed by atoms with Gasteiger partial charge >= 0.3 is 0 Å². The fraction of sp³-hybridized carbons (Fsp3) is 0.278. The van der Waals surface area contributed by atoms with Crippen LogP contribution in [0, 0.1) is 0 Å². The van der Waals surface area contributed by atoms with Crippen molar-refractivity contribution in [2.75, 3.05) is 0 Å². The molecule has 5 heteroatoms. The molecule has 0 aliphatic rings. The maximum atomic E-state index is 10.9. The Labute approximate surface area is 135 Å². The van der Waals surface area contributed by atoms with Gasteiger partial charge in [-0.25, -0.2) is 5.48 Å². The number of carbonyl (C=O) groups excluding carboxylic acids is 1. The number of phenolic OH excluding ortho intramolecular Hbond substituents is 1. The number of phenols is 1. The fourth-order valence-corrected chi connectivity index (χ4v) is 2.40. The van der Waals surface area contributed by atoms with Gasteiger partial charge in [0.25, 0.3) is 0 Å². The first kappa shape index (κ1) is 17.0. The Morgan fingerprint density at radius 1 is 0.957 bits per heavy atom. The number of benzene rings is 2. The Hall–Kier alpha value is -2.37. The summed E-state index contributed by atoms with van der Waals surface area (Å²) < 4.78 is 0. The first-order chi connectivity index (χ1) is 11.1. The molecule has 0 heterocycles. The molecule has 0 fully saturated rings. The van der Waals surface area contributed by atoms with E-state index in [1.54, 1.807) is 17.6 Å². The highest BCUT2D eigenvalue weighted by Crippen LogP contribution is 2.25. The third-order valence-electron chi connectivity index (χ3n) is 3.75. The van der Waals surface area contributed by atoms with Crippen molar-refractivity contribution in [3.05, 3.63) is 54.1 Å². The molecular weight excluding hydrogens is 294 g/mol. The summed E-state index contributed by atoms with van der Waals surface area (Å²) in [4.78, 5) is 10.9. The molecule has 1 amide bonds. The summed E-state index contributed by atoms with van der Waals surface area (Å²) in [6.45, 7) is 0. The van der Waals surface area contributed by atoms with Crippen molar-refractivity contribution in [2.45, 2.75) is 31.8 Å². The number of amides is 1. The van der Waals surface area contributed by atoms with Gasteiger partial charge in [0.1, 0.15) is 5.75 Å². The second-order valence-corrected chi connectivity index (χ2v) is 5.47. The van der Waals surface area contributed by atoms with Crippen molar-refractivity contribution in [1.82, 2.24) is 5.48 Å². The standard InChI is InChI=1S/C18H21NO4/c20-16-11-9-14(10-12-16)13-5-7-15(8-6-13)17(21)3-1-2-4-18(22)19-23/h5-12,17,20-21,23H,1-4H2,(H,19,22). The Kier molecular flexibility index (Phi) is 6.14. The van der Waals surface area contributed by atoms with E-state index in [0.717, 1.165) is 16.7 Å². The van der Waals surface area contributed by atoms with Crippen LogP contribution in [0.2, 0.25) is 0 Å². The van der Waals surface area contributed by atoms with Crippen LogP contribution >= 0.6 is 0 Å². The van der Waals surface area contributed by atoms with Crippen LogP contribution in [0.4, 0.5) is 0 Å². The van der Waals surface area contributed by atoms with Gasteiger partial charge in [-0.2, -0.15) is 0 Å². The highest BCUT2D eigenvalue weighted by Gasteiger charge is 2.08. The molecule has 0 radical (unpaired) electrons. The Morgan fingerprint density at radius 2 is 1.52 bits per heavy atom. The fourth-order valence-electron chi connectivity index (χ4n) is 2.40. The zero-order valence-electron chi connectivity index (χ0n) is 12.8. The molecule has 2 rings (SSSR count). The second-order valence-electron chi connectivity index (χ2n) is 5.47. The number of aromatic hydroxyl groups is 1. The van der Waals surface area contributed by atoms with Crippen molar-refractivity contribution in [3.8, 4) is 16.9 Å². The van der Waals surface area contributed by atoms with Gasteiger partial charge in [0.15, 0.2) is 0 Å². The van der Waals surface area contributed by atoms with Crippen molar-refractivity contribution in [3.63, 3.8) is 0 Å². The molecule has 1 unspecified atom stereocenters. The van der Waals surface area contributed by atoms with Crippen molar-refractivity contribution in [2.24, 2.45) is 0 Å². The lowest BCUT2D eigenvalue weighted by Crippen LogP contribution is -2.17. The van der Waals surface area contributed by atoms with Gasteiger partial charge in [-0.05, 0) is 41.7 Å². The van der Waals surface area contributed by atoms with E-state index < -0.39 is 12.0 Å². The maximum Gasteiger partial charge on any atom is 0.243 e. The number of hydrogen-bond donors (Lipinski definition) is 4. The predicted octanol–water partition coefficient (Wildman–Crippen LogP) is 3.16. The van der Waals surface area contributed by atoms with Gasteiger partial charge in [-0.15, -0.1) is 0 Å². The average Bonchev–Trinajstić information content (AvgIpc) is 2.59. The molecule has 0 bridgehead atoms. The number of nitrogens with one attached hydrogen (secondary N) is 1. The molecule has 2 aromatic carbocycles. The second kappa shape index (κ2) is 8.31. The number of unbranched alkanes of at least 4 members (excludes halogenated alkanes) is 1. The monoisotopic (exact) mass is 315 g/mol. The van der Waals surface area contributed by atoms with Crippen LogP contribution in [0.5, 0.6) is 5.75 Å². The first-order valence-electron chi connectivity index (χ1n) is 7.60. The van der Waals surface area contributed by atoms with E-state index in [1.165, 1.54) is 0 Å². The summed E-state index contributed by atoms with van der Waals surface area (Å²) in [6.07, 6.45) is 1.57. The summed E-state index contributed by atoms with van der Waals surface area (Å²) in [6, 6.07) is 14.6. The lowest BCUT2D eigenvalue weighted by atomic mass is 9.99. The smallest absolute Gasteiger partial charge is 0.243 e. The van der Waals surface area contributed by atoms with Crippen LogP contribution in [0.25, 0.3) is 11.1 Å². The van der Waals surface area contributed by atoms with Gasteiger partial charge in [0.05, 0.1) is 6.10 Å². The van der Waals surface area contributed by atoms with E-state index in [0.29, 0.717) is 19.3 Å². The van der Waals surface area contributed by atoms with Crippen LogP contribution in [0.15, 0.2) is 48.5 Å². The number of carbonyl (C=O) groups is 1. The van der Waals surface area contributed by atoms with Crippen LogP contribution in [0.1, 0.15) is 37.4 Å². The van der Waals surface area contributed by atoms with Gasteiger partial charge in [-0.3, -0.25) is 10.0 Å². The van der Waals surface area contributed by atoms with Crippen molar-refractivity contribution in [1.29, 1.82) is 0 Å². The zero-order chi connectivity index (χ0) is 16.7. The molecule has 0 spiro atoms. The van der Waals surface area contributed by atoms with E-state index >= 15 is 0 Å². The van der Waals surface area contributed by atoms with Gasteiger partial charge in [0.2, 0.25) is 5.91 Å². The number of hydrogen-bond acceptors (Lipinski definition) is 4. The minimum absolute atomic E-state index is 0.232. The number of rotatable bonds is 7. The van der Waals surface area contributed by atoms with Crippen LogP contribution < -0.4 is 5.48 Å². The van der Waals surface area contributed by atoms with E-state index in [9.17, 15) is 15.0 Å². The summed E-state index contributed by atoms with van der Waals surface area (Å²) in [5.74, 6) is -0.173. The van der Waals surface area contributed by atoms with Crippen molar-refractivity contribution < 1.29 is 20.2 Å². The Morgan fingerprint density at radius 3 is 2.09 bits per heavy atom. The van der Waals surface area contributed by atoms with Gasteiger partial charge in [-0.1, -0.05) is 42.8 Å². The number of aliphatic hydroxyl groups is 1. The normalized spacial score (nSPS) is 11.9. The lowest BCUT2D eigenvalue weighted by molar-refractivity contribution is -0.129. The SMILES string of the molecule is O=C(CCCCC(O)c1ccc(-c2ccc(O)cc2)cc1)NO. The van der Waals surface area contributed by atoms with E-state index in [4.69, 9.17) is 5.21 Å². The molecular formula is C18H21NO4. The molecule has 0 aliphatic heterocycles. The summed E-state index contributed by atoms with van der Waals surface area (Å²) in [5, 5.41) is 27.9. The highest BCUT2D eigenvalue weighted by molar-refractivity contribution is 5.74. The first-order valence-corrected chi connectivity index (χ1v) is 7.60. The largest absolute Gasteiger partial charge is 0.508 e. The average molecular weight is 315 g/mol. The molecule has 5 nitrogen and oxygen atoms in total. The van der Waals surface area contributed by atoms with E-state index in [-0.39, 0.29) is 12.2 Å². The molecule has 4 N–H and O–H groups in total. The number of aliphatic hydroxyl groups excluding tert-OH is 1. The Balaban J connectivity index is 1.88. The zero-order valence-corrected chi connectivity index (χ0v) is 12.8. The molecule has 2 aromatic rings. The van der Waals surface area contributed by atoms with Gasteiger partial charge < -0.3 is 10.2 Å². The molecule has 0 saturated heterocycles. The molecule has 23 heavy (non-hydrogen) atoms. The lowest BCUT2D eigenvalue weighted by Gasteiger charge is -2.11. The Bertz CT molecular complexity index is 622. The molecule has 122 valence electrons. The molecule has 1 atom stereocenters. The van der Waals surface area contributed by atoms with E-state index in [1.807, 2.05) is 36.4 Å². The molecule has 0 saturated carbocycles. The van der Waals surface area contributed by atoms with Crippen LogP contribution in [-0.4, -0.2) is 21.3 Å². The quantitative estimate of drug-likeness (QED) is 0.359. The number of hydroxylamine groups is 1. The third kappa shape index (κ3) is 5.09. The molecule has 0 aliphatic carbocycles. The molecule has 0 aromatic heterocycles. The highest BCUT2D eigenvalue weighted by atomic mass is 16.5. The van der Waals surface area contributed by atoms with Crippen LogP contribution in [0.3, 0.4) is 0 Å². The summed E-state index contributed by atoms with van der Waals surface area (Å²) >= 11 is 0. The van der Waals surface area contributed by atoms with Crippen LogP contribution in [-0.2, 0) is 4.79 Å². The van der Waals surface area contributed by atoms with Gasteiger partial charge in [0, 0.05) is 6.42 Å². The minimum Gasteiger partial charge on any atom is -0.508 e. The predicted molar refractivity (Wildman–Crippen MR) is 86.9 cm³/mol. The summed E-state index contributed by atoms with van der Waals surface area (Å²) in [5.41, 5.74) is 4.44. The topological polar surface area (TPSA) is 89.8 Å².